The van der Waals surface area contributed by atoms with Crippen molar-refractivity contribution in [1.29, 1.82) is 0 Å². The number of fused-ring (bicyclic) bond motifs is 1. The van der Waals surface area contributed by atoms with E-state index < -0.39 is 0 Å². The number of nitrogens with zero attached hydrogens (tertiary/aromatic N) is 2. The Morgan fingerprint density at radius 3 is 2.95 bits per heavy atom. The molecular formula is C15H18N4O. The number of hydrogen-bond acceptors (Lipinski definition) is 3. The van der Waals surface area contributed by atoms with Gasteiger partial charge in [0.05, 0.1) is 12.2 Å². The van der Waals surface area contributed by atoms with Crippen LogP contribution in [0.2, 0.25) is 0 Å². The molecule has 5 nitrogen and oxygen atoms in total. The molecule has 1 aliphatic carbocycles. The van der Waals surface area contributed by atoms with Gasteiger partial charge in [0.2, 0.25) is 0 Å². The molecule has 0 bridgehead atoms. The molecule has 0 spiro atoms. The van der Waals surface area contributed by atoms with Gasteiger partial charge in [0.1, 0.15) is 0 Å². The van der Waals surface area contributed by atoms with Crippen molar-refractivity contribution < 1.29 is 4.79 Å². The smallest absolute Gasteiger partial charge is 0.253 e. The lowest BCUT2D eigenvalue weighted by molar-refractivity contribution is 0.0783. The molecule has 0 radical (unpaired) electrons. The topological polar surface area (TPSA) is 75.0 Å². The molecule has 1 amide bonds. The zero-order valence-electron chi connectivity index (χ0n) is 11.5. The summed E-state index contributed by atoms with van der Waals surface area (Å²) in [7, 11) is 1.79. The van der Waals surface area contributed by atoms with Crippen LogP contribution in [0, 0.1) is 0 Å². The van der Waals surface area contributed by atoms with Crippen molar-refractivity contribution in [3.63, 3.8) is 0 Å². The lowest BCUT2D eigenvalue weighted by atomic mass is 10.1. The number of carbonyl (C=O) groups is 1. The second kappa shape index (κ2) is 5.09. The maximum absolute atomic E-state index is 12.4. The SMILES string of the molecule is CN(Cc1ccn[nH]1)C(=O)c1ccc2c(c1)CC(N)C2. The molecule has 0 aliphatic heterocycles. The van der Waals surface area contributed by atoms with E-state index >= 15 is 0 Å². The zero-order valence-corrected chi connectivity index (χ0v) is 11.5. The lowest BCUT2D eigenvalue weighted by Gasteiger charge is -2.16. The summed E-state index contributed by atoms with van der Waals surface area (Å²) in [6.45, 7) is 0.523. The molecule has 104 valence electrons. The van der Waals surface area contributed by atoms with Crippen molar-refractivity contribution in [2.24, 2.45) is 5.73 Å². The highest BCUT2D eigenvalue weighted by Crippen LogP contribution is 2.23. The Labute approximate surface area is 117 Å². The first-order valence-electron chi connectivity index (χ1n) is 6.74. The van der Waals surface area contributed by atoms with Crippen LogP contribution < -0.4 is 5.73 Å². The minimum Gasteiger partial charge on any atom is -0.336 e. The largest absolute Gasteiger partial charge is 0.336 e. The maximum Gasteiger partial charge on any atom is 0.253 e. The average Bonchev–Trinajstić information content (AvgIpc) is 3.04. The minimum atomic E-state index is 0.0165. The second-order valence-corrected chi connectivity index (χ2v) is 5.39. The number of aromatic nitrogens is 2. The van der Waals surface area contributed by atoms with E-state index in [1.165, 1.54) is 11.1 Å². The first-order valence-corrected chi connectivity index (χ1v) is 6.74. The van der Waals surface area contributed by atoms with Crippen LogP contribution in [0.25, 0.3) is 0 Å². The third kappa shape index (κ3) is 2.44. The van der Waals surface area contributed by atoms with Crippen LogP contribution in [0.5, 0.6) is 0 Å². The predicted molar refractivity (Wildman–Crippen MR) is 76.2 cm³/mol. The highest BCUT2D eigenvalue weighted by molar-refractivity contribution is 5.94. The summed E-state index contributed by atoms with van der Waals surface area (Å²) < 4.78 is 0. The maximum atomic E-state index is 12.4. The van der Waals surface area contributed by atoms with Crippen molar-refractivity contribution in [3.8, 4) is 0 Å². The van der Waals surface area contributed by atoms with E-state index in [1.54, 1.807) is 18.1 Å². The molecule has 0 fully saturated rings. The lowest BCUT2D eigenvalue weighted by Crippen LogP contribution is -2.26. The Hall–Kier alpha value is -2.14. The van der Waals surface area contributed by atoms with Crippen molar-refractivity contribution in [2.75, 3.05) is 7.05 Å². The number of nitrogens with two attached hydrogens (primary N) is 1. The Balaban J connectivity index is 1.76. The van der Waals surface area contributed by atoms with Gasteiger partial charge in [0.25, 0.3) is 5.91 Å². The molecule has 1 aromatic heterocycles. The van der Waals surface area contributed by atoms with E-state index in [1.807, 2.05) is 24.3 Å². The van der Waals surface area contributed by atoms with Gasteiger partial charge in [-0.3, -0.25) is 9.89 Å². The van der Waals surface area contributed by atoms with Gasteiger partial charge in [-0.1, -0.05) is 6.07 Å². The zero-order chi connectivity index (χ0) is 14.1. The second-order valence-electron chi connectivity index (χ2n) is 5.39. The quantitative estimate of drug-likeness (QED) is 0.877. The molecule has 20 heavy (non-hydrogen) atoms. The Bertz CT molecular complexity index is 621. The number of benzene rings is 1. The number of hydrogen-bond donors (Lipinski definition) is 2. The number of carbonyl (C=O) groups excluding carboxylic acids is 1. The standard InChI is InChI=1S/C15H18N4O/c1-19(9-14-4-5-17-18-14)15(20)11-3-2-10-7-13(16)8-12(10)6-11/h2-6,13H,7-9,16H2,1H3,(H,17,18). The molecule has 1 atom stereocenters. The third-order valence-corrected chi connectivity index (χ3v) is 3.73. The van der Waals surface area contributed by atoms with Gasteiger partial charge in [-0.25, -0.2) is 0 Å². The Morgan fingerprint density at radius 2 is 2.20 bits per heavy atom. The number of rotatable bonds is 3. The molecule has 3 N–H and O–H groups in total. The normalized spacial score (nSPS) is 17.0. The van der Waals surface area contributed by atoms with Crippen LogP contribution in [0.15, 0.2) is 30.5 Å². The molecule has 2 aromatic rings. The average molecular weight is 270 g/mol. The first kappa shape index (κ1) is 12.9. The van der Waals surface area contributed by atoms with Crippen LogP contribution in [0.1, 0.15) is 27.2 Å². The van der Waals surface area contributed by atoms with E-state index in [9.17, 15) is 4.79 Å². The monoisotopic (exact) mass is 270 g/mol. The van der Waals surface area contributed by atoms with Gasteiger partial charge in [-0.2, -0.15) is 5.10 Å². The van der Waals surface area contributed by atoms with Crippen molar-refractivity contribution in [1.82, 2.24) is 15.1 Å². The van der Waals surface area contributed by atoms with Crippen LogP contribution in [-0.2, 0) is 19.4 Å². The predicted octanol–water partition coefficient (Wildman–Crippen LogP) is 1.11. The van der Waals surface area contributed by atoms with E-state index in [2.05, 4.69) is 10.2 Å². The van der Waals surface area contributed by atoms with Crippen LogP contribution >= 0.6 is 0 Å². The molecule has 1 unspecified atom stereocenters. The van der Waals surface area contributed by atoms with Crippen molar-refractivity contribution in [2.45, 2.75) is 25.4 Å². The molecule has 1 aromatic carbocycles. The fourth-order valence-electron chi connectivity index (χ4n) is 2.71. The summed E-state index contributed by atoms with van der Waals surface area (Å²) in [6, 6.07) is 7.96. The van der Waals surface area contributed by atoms with Gasteiger partial charge in [-0.15, -0.1) is 0 Å². The highest BCUT2D eigenvalue weighted by Gasteiger charge is 2.20. The first-order chi connectivity index (χ1) is 9.63. The molecule has 3 rings (SSSR count). The Morgan fingerprint density at radius 1 is 1.40 bits per heavy atom. The van der Waals surface area contributed by atoms with E-state index in [-0.39, 0.29) is 11.9 Å². The number of amides is 1. The van der Waals surface area contributed by atoms with E-state index in [4.69, 9.17) is 5.73 Å². The third-order valence-electron chi connectivity index (χ3n) is 3.73. The van der Waals surface area contributed by atoms with Crippen LogP contribution in [0.3, 0.4) is 0 Å². The van der Waals surface area contributed by atoms with Crippen molar-refractivity contribution >= 4 is 5.91 Å². The summed E-state index contributed by atoms with van der Waals surface area (Å²) in [6.07, 6.45) is 3.46. The number of H-pyrrole nitrogens is 1. The van der Waals surface area contributed by atoms with Gasteiger partial charge >= 0.3 is 0 Å². The summed E-state index contributed by atoms with van der Waals surface area (Å²) in [5.74, 6) is 0.0165. The van der Waals surface area contributed by atoms with Crippen LogP contribution in [0.4, 0.5) is 0 Å². The molecule has 5 heteroatoms. The van der Waals surface area contributed by atoms with E-state index in [0.717, 1.165) is 24.1 Å². The molecule has 1 aliphatic rings. The van der Waals surface area contributed by atoms with Gasteiger partial charge in [0.15, 0.2) is 0 Å². The number of nitrogens with one attached hydrogen (secondary N) is 1. The highest BCUT2D eigenvalue weighted by atomic mass is 16.2. The van der Waals surface area contributed by atoms with Crippen molar-refractivity contribution in [3.05, 3.63) is 52.8 Å². The summed E-state index contributed by atoms with van der Waals surface area (Å²) in [5, 5.41) is 6.75. The van der Waals surface area contributed by atoms with Crippen LogP contribution in [-0.4, -0.2) is 34.1 Å². The molecule has 0 saturated heterocycles. The fourth-order valence-corrected chi connectivity index (χ4v) is 2.71. The molecular weight excluding hydrogens is 252 g/mol. The van der Waals surface area contributed by atoms with E-state index in [0.29, 0.717) is 6.54 Å². The van der Waals surface area contributed by atoms with Gasteiger partial charge in [-0.05, 0) is 42.2 Å². The molecule has 1 heterocycles. The van der Waals surface area contributed by atoms with Gasteiger partial charge < -0.3 is 10.6 Å². The minimum absolute atomic E-state index is 0.0165. The molecule has 0 saturated carbocycles. The number of aromatic amines is 1. The fraction of sp³-hybridized carbons (Fsp3) is 0.333. The summed E-state index contributed by atoms with van der Waals surface area (Å²) >= 11 is 0. The summed E-state index contributed by atoms with van der Waals surface area (Å²) in [4.78, 5) is 14.1. The van der Waals surface area contributed by atoms with Gasteiger partial charge in [0, 0.05) is 24.8 Å². The Kier molecular flexibility index (Phi) is 3.28. The summed E-state index contributed by atoms with van der Waals surface area (Å²) in [5.41, 5.74) is 10.1.